The second kappa shape index (κ2) is 9.94. The highest BCUT2D eigenvalue weighted by atomic mass is 16.1. The first-order chi connectivity index (χ1) is 15.2. The standard InChI is InChI=1S/C27H31N3O/c28-20-23-10-7-11-24-21-30(18-14-25(23)24)19-17-27(15-5-2-6-16-27)29-26(31)13-12-22-8-3-1-4-9-22/h1,3-4,7-13H,2,5-6,14-19,21H2,(H,29,31)/b13-12+. The van der Waals surface area contributed by atoms with Crippen molar-refractivity contribution in [3.63, 3.8) is 0 Å². The highest BCUT2D eigenvalue weighted by Gasteiger charge is 2.33. The van der Waals surface area contributed by atoms with Crippen molar-refractivity contribution >= 4 is 12.0 Å². The monoisotopic (exact) mass is 413 g/mol. The largest absolute Gasteiger partial charge is 0.347 e. The van der Waals surface area contributed by atoms with Gasteiger partial charge in [0.1, 0.15) is 0 Å². The van der Waals surface area contributed by atoms with E-state index in [-0.39, 0.29) is 11.4 Å². The van der Waals surface area contributed by atoms with E-state index in [9.17, 15) is 10.1 Å². The topological polar surface area (TPSA) is 56.1 Å². The van der Waals surface area contributed by atoms with E-state index in [0.717, 1.165) is 56.4 Å². The van der Waals surface area contributed by atoms with E-state index in [2.05, 4.69) is 22.4 Å². The summed E-state index contributed by atoms with van der Waals surface area (Å²) in [6, 6.07) is 18.3. The number of fused-ring (bicyclic) bond motifs is 1. The number of carbonyl (C=O) groups is 1. The van der Waals surface area contributed by atoms with Crippen molar-refractivity contribution in [2.75, 3.05) is 13.1 Å². The number of nitrogens with zero attached hydrogens (tertiary/aromatic N) is 2. The van der Waals surface area contributed by atoms with Gasteiger partial charge in [-0.3, -0.25) is 9.69 Å². The summed E-state index contributed by atoms with van der Waals surface area (Å²) in [5.41, 5.74) is 4.24. The molecule has 160 valence electrons. The van der Waals surface area contributed by atoms with Crippen molar-refractivity contribution in [1.82, 2.24) is 10.2 Å². The van der Waals surface area contributed by atoms with Crippen LogP contribution in [0.5, 0.6) is 0 Å². The molecule has 0 radical (unpaired) electrons. The fourth-order valence-corrected chi connectivity index (χ4v) is 5.04. The van der Waals surface area contributed by atoms with Crippen LogP contribution in [-0.2, 0) is 17.8 Å². The SMILES string of the molecule is N#Cc1cccc2c1CCN(CCC1(NC(=O)/C=C/c3ccccc3)CCCCC1)C2. The van der Waals surface area contributed by atoms with E-state index in [1.165, 1.54) is 30.4 Å². The fraction of sp³-hybridized carbons (Fsp3) is 0.407. The molecule has 4 heteroatoms. The first kappa shape index (κ1) is 21.3. The fourth-order valence-electron chi connectivity index (χ4n) is 5.04. The molecule has 1 aliphatic heterocycles. The molecular weight excluding hydrogens is 382 g/mol. The van der Waals surface area contributed by atoms with Gasteiger partial charge in [-0.15, -0.1) is 0 Å². The molecule has 1 amide bonds. The van der Waals surface area contributed by atoms with Gasteiger partial charge in [0, 0.05) is 31.2 Å². The summed E-state index contributed by atoms with van der Waals surface area (Å²) in [7, 11) is 0. The molecule has 1 aliphatic carbocycles. The molecule has 31 heavy (non-hydrogen) atoms. The highest BCUT2D eigenvalue weighted by molar-refractivity contribution is 5.92. The minimum absolute atomic E-state index is 0.00778. The molecule has 0 unspecified atom stereocenters. The van der Waals surface area contributed by atoms with Crippen molar-refractivity contribution in [3.8, 4) is 6.07 Å². The number of hydrogen-bond acceptors (Lipinski definition) is 3. The Kier molecular flexibility index (Phi) is 6.84. The molecule has 0 aromatic heterocycles. The second-order valence-corrected chi connectivity index (χ2v) is 8.91. The lowest BCUT2D eigenvalue weighted by atomic mass is 9.79. The maximum atomic E-state index is 12.7. The van der Waals surface area contributed by atoms with E-state index >= 15 is 0 Å². The quantitative estimate of drug-likeness (QED) is 0.690. The van der Waals surface area contributed by atoms with Crippen LogP contribution >= 0.6 is 0 Å². The summed E-state index contributed by atoms with van der Waals surface area (Å²) < 4.78 is 0. The van der Waals surface area contributed by atoms with Gasteiger partial charge >= 0.3 is 0 Å². The summed E-state index contributed by atoms with van der Waals surface area (Å²) >= 11 is 0. The number of nitriles is 1. The van der Waals surface area contributed by atoms with Gasteiger partial charge in [0.25, 0.3) is 0 Å². The number of amides is 1. The van der Waals surface area contributed by atoms with Gasteiger partial charge in [-0.2, -0.15) is 5.26 Å². The van der Waals surface area contributed by atoms with Gasteiger partial charge in [0.05, 0.1) is 11.6 Å². The molecular formula is C27H31N3O. The molecule has 2 aliphatic rings. The van der Waals surface area contributed by atoms with Crippen molar-refractivity contribution in [3.05, 3.63) is 76.9 Å². The molecule has 1 saturated carbocycles. The molecule has 0 saturated heterocycles. The minimum atomic E-state index is -0.106. The van der Waals surface area contributed by atoms with Crippen molar-refractivity contribution in [1.29, 1.82) is 5.26 Å². The Morgan fingerprint density at radius 2 is 1.90 bits per heavy atom. The van der Waals surface area contributed by atoms with E-state index in [0.29, 0.717) is 0 Å². The summed E-state index contributed by atoms with van der Waals surface area (Å²) in [5.74, 6) is 0.00778. The molecule has 1 N–H and O–H groups in total. The van der Waals surface area contributed by atoms with Gasteiger partial charge in [-0.25, -0.2) is 0 Å². The molecule has 0 atom stereocenters. The van der Waals surface area contributed by atoms with Gasteiger partial charge in [0.15, 0.2) is 0 Å². The van der Waals surface area contributed by atoms with Crippen molar-refractivity contribution < 1.29 is 4.79 Å². The van der Waals surface area contributed by atoms with Crippen LogP contribution in [-0.4, -0.2) is 29.4 Å². The van der Waals surface area contributed by atoms with E-state index in [4.69, 9.17) is 0 Å². The zero-order valence-electron chi connectivity index (χ0n) is 18.1. The predicted octanol–water partition coefficient (Wildman–Crippen LogP) is 4.84. The van der Waals surface area contributed by atoms with Crippen LogP contribution in [0.25, 0.3) is 6.08 Å². The average Bonchev–Trinajstić information content (AvgIpc) is 2.82. The number of nitrogens with one attached hydrogen (secondary N) is 1. The van der Waals surface area contributed by atoms with E-state index in [1.54, 1.807) is 6.08 Å². The zero-order valence-corrected chi connectivity index (χ0v) is 18.1. The van der Waals surface area contributed by atoms with Crippen molar-refractivity contribution in [2.24, 2.45) is 0 Å². The summed E-state index contributed by atoms with van der Waals surface area (Å²) in [5, 5.41) is 12.7. The van der Waals surface area contributed by atoms with Crippen LogP contribution in [0.15, 0.2) is 54.6 Å². The number of benzene rings is 2. The number of hydrogen-bond donors (Lipinski definition) is 1. The normalized spacial score (nSPS) is 18.3. The molecule has 1 heterocycles. The van der Waals surface area contributed by atoms with Gasteiger partial charge in [-0.1, -0.05) is 61.7 Å². The van der Waals surface area contributed by atoms with Gasteiger partial charge < -0.3 is 5.32 Å². The van der Waals surface area contributed by atoms with E-state index < -0.39 is 0 Å². The van der Waals surface area contributed by atoms with Crippen LogP contribution in [0.3, 0.4) is 0 Å². The maximum absolute atomic E-state index is 12.7. The third kappa shape index (κ3) is 5.42. The smallest absolute Gasteiger partial charge is 0.244 e. The van der Waals surface area contributed by atoms with Crippen LogP contribution in [0.2, 0.25) is 0 Å². The lowest BCUT2D eigenvalue weighted by Gasteiger charge is -2.40. The van der Waals surface area contributed by atoms with Gasteiger partial charge in [-0.05, 0) is 54.5 Å². The Morgan fingerprint density at radius 3 is 2.68 bits per heavy atom. The molecule has 1 fully saturated rings. The average molecular weight is 414 g/mol. The molecule has 2 aromatic rings. The molecule has 0 bridgehead atoms. The van der Waals surface area contributed by atoms with Crippen LogP contribution < -0.4 is 5.32 Å². The van der Waals surface area contributed by atoms with Crippen molar-refractivity contribution in [2.45, 2.75) is 57.0 Å². The van der Waals surface area contributed by atoms with Crippen LogP contribution in [0.4, 0.5) is 0 Å². The Hall–Kier alpha value is -2.90. The Labute approximate surface area is 185 Å². The molecule has 4 rings (SSSR count). The number of rotatable bonds is 6. The highest BCUT2D eigenvalue weighted by Crippen LogP contribution is 2.32. The lowest BCUT2D eigenvalue weighted by molar-refractivity contribution is -0.118. The van der Waals surface area contributed by atoms with E-state index in [1.807, 2.05) is 48.5 Å². The lowest BCUT2D eigenvalue weighted by Crippen LogP contribution is -2.51. The molecule has 2 aromatic carbocycles. The second-order valence-electron chi connectivity index (χ2n) is 8.91. The summed E-state index contributed by atoms with van der Waals surface area (Å²) in [4.78, 5) is 15.2. The van der Waals surface area contributed by atoms with Crippen LogP contribution in [0, 0.1) is 11.3 Å². The molecule has 0 spiro atoms. The zero-order chi connectivity index (χ0) is 21.5. The van der Waals surface area contributed by atoms with Gasteiger partial charge in [0.2, 0.25) is 5.91 Å². The van der Waals surface area contributed by atoms with Crippen LogP contribution in [0.1, 0.15) is 60.8 Å². The first-order valence-corrected chi connectivity index (χ1v) is 11.5. The number of carbonyl (C=O) groups excluding carboxylic acids is 1. The third-order valence-electron chi connectivity index (χ3n) is 6.80. The summed E-state index contributed by atoms with van der Waals surface area (Å²) in [6.07, 6.45) is 11.2. The predicted molar refractivity (Wildman–Crippen MR) is 124 cm³/mol. The minimum Gasteiger partial charge on any atom is -0.347 e. The third-order valence-corrected chi connectivity index (χ3v) is 6.80. The Morgan fingerprint density at radius 1 is 1.10 bits per heavy atom. The molecule has 4 nitrogen and oxygen atoms in total. The first-order valence-electron chi connectivity index (χ1n) is 11.5. The summed E-state index contributed by atoms with van der Waals surface area (Å²) in [6.45, 7) is 2.84. The maximum Gasteiger partial charge on any atom is 0.244 e. The Balaban J connectivity index is 1.38. The Bertz CT molecular complexity index is 968.